The first-order valence-electron chi connectivity index (χ1n) is 19.8. The Morgan fingerprint density at radius 3 is 1.25 bits per heavy atom. The van der Waals surface area contributed by atoms with Gasteiger partial charge in [0.1, 0.15) is 0 Å². The molecule has 278 valence electrons. The number of para-hydroxylation sites is 4. The highest BCUT2D eigenvalue weighted by Gasteiger charge is 2.41. The minimum atomic E-state index is -0.406. The van der Waals surface area contributed by atoms with Gasteiger partial charge < -0.3 is 0 Å². The lowest BCUT2D eigenvalue weighted by Gasteiger charge is -2.42. The van der Waals surface area contributed by atoms with E-state index in [2.05, 4.69) is 192 Å². The van der Waals surface area contributed by atoms with Gasteiger partial charge in [0.15, 0.2) is 11.3 Å². The van der Waals surface area contributed by atoms with Gasteiger partial charge in [-0.05, 0) is 81.7 Å². The Morgan fingerprint density at radius 1 is 0.473 bits per heavy atom. The van der Waals surface area contributed by atoms with Gasteiger partial charge in [0.25, 0.3) is 0 Å². The third-order valence-corrected chi connectivity index (χ3v) is 11.5. The Balaban J connectivity index is 1.60. The number of rotatable bonds is 8. The van der Waals surface area contributed by atoms with E-state index in [1.807, 2.05) is 12.4 Å². The van der Waals surface area contributed by atoms with Crippen molar-refractivity contribution < 1.29 is 0 Å². The largest absolute Gasteiger partial charge is 0.259 e. The summed E-state index contributed by atoms with van der Waals surface area (Å²) in [6.07, 6.45) is 3.63. The minimum absolute atomic E-state index is 0.251. The number of hydrogen-bond donors (Lipinski definition) is 0. The molecule has 0 unspecified atom stereocenters. The summed E-state index contributed by atoms with van der Waals surface area (Å²) in [5.41, 5.74) is 14.8. The van der Waals surface area contributed by atoms with Crippen LogP contribution < -0.4 is 10.6 Å². The molecule has 0 amide bonds. The zero-order valence-corrected chi connectivity index (χ0v) is 33.6. The molecule has 0 saturated heterocycles. The van der Waals surface area contributed by atoms with Crippen molar-refractivity contribution in [3.05, 3.63) is 172 Å². The molecule has 0 saturated carbocycles. The van der Waals surface area contributed by atoms with Gasteiger partial charge in [0, 0.05) is 17.8 Å². The Bertz CT molecular complexity index is 2380. The van der Waals surface area contributed by atoms with Crippen molar-refractivity contribution in [2.24, 2.45) is 5.10 Å². The molecule has 0 aliphatic carbocycles. The Labute approximate surface area is 325 Å². The van der Waals surface area contributed by atoms with Gasteiger partial charge in [-0.3, -0.25) is 9.13 Å². The van der Waals surface area contributed by atoms with E-state index < -0.39 is 5.41 Å². The summed E-state index contributed by atoms with van der Waals surface area (Å²) in [6.45, 7) is 20.6. The zero-order valence-electron chi connectivity index (χ0n) is 33.6. The predicted octanol–water partition coefficient (Wildman–Crippen LogP) is 12.0. The first-order valence-corrected chi connectivity index (χ1v) is 19.8. The molecule has 7 aromatic rings. The smallest absolute Gasteiger partial charge is 0.240 e. The van der Waals surface area contributed by atoms with E-state index >= 15 is 0 Å². The van der Waals surface area contributed by atoms with Crippen LogP contribution in [0.1, 0.15) is 125 Å². The van der Waals surface area contributed by atoms with E-state index in [4.69, 9.17) is 15.1 Å². The van der Waals surface area contributed by atoms with E-state index in [1.54, 1.807) is 0 Å². The second-order valence-electron chi connectivity index (χ2n) is 16.3. The molecule has 55 heavy (non-hydrogen) atoms. The van der Waals surface area contributed by atoms with Crippen LogP contribution in [0.3, 0.4) is 0 Å². The third kappa shape index (κ3) is 5.81. The van der Waals surface area contributed by atoms with E-state index in [0.29, 0.717) is 0 Å². The van der Waals surface area contributed by atoms with Gasteiger partial charge in [0.05, 0.1) is 22.7 Å². The van der Waals surface area contributed by atoms with Gasteiger partial charge in [-0.2, -0.15) is 0 Å². The molecule has 0 bridgehead atoms. The Hall–Kier alpha value is -5.75. The normalized spacial score (nSPS) is 13.6. The molecule has 8 rings (SSSR count). The van der Waals surface area contributed by atoms with Gasteiger partial charge in [-0.1, -0.05) is 159 Å². The van der Waals surface area contributed by atoms with E-state index in [0.717, 1.165) is 39.7 Å². The van der Waals surface area contributed by atoms with Crippen LogP contribution in [0.2, 0.25) is 0 Å². The van der Waals surface area contributed by atoms with Crippen LogP contribution in [0.5, 0.6) is 0 Å². The number of imidazole rings is 1. The SMILES string of the molecule is CC(C)c1cccc(C(C)C)c1-n1c(=NN2c3ccccc3C(C)(c3ccccc3)c3ccccc32)n(-c2c(C(C)C)cccc2C(C)C)c2nccnc21. The number of benzene rings is 5. The molecule has 0 radical (unpaired) electrons. The Morgan fingerprint density at radius 2 is 0.855 bits per heavy atom. The molecule has 1 aliphatic heterocycles. The minimum Gasteiger partial charge on any atom is -0.259 e. The molecule has 2 aromatic heterocycles. The molecular weight excluding hydrogens is 673 g/mol. The lowest BCUT2D eigenvalue weighted by Crippen LogP contribution is -2.37. The van der Waals surface area contributed by atoms with E-state index in [-0.39, 0.29) is 23.7 Å². The van der Waals surface area contributed by atoms with Crippen LogP contribution in [-0.2, 0) is 5.41 Å². The van der Waals surface area contributed by atoms with Crippen molar-refractivity contribution >= 4 is 22.7 Å². The number of hydrogen-bond acceptors (Lipinski definition) is 4. The number of aromatic nitrogens is 4. The molecular formula is C49H52N6. The highest BCUT2D eigenvalue weighted by atomic mass is 15.5. The molecule has 0 fully saturated rings. The van der Waals surface area contributed by atoms with Gasteiger partial charge >= 0.3 is 0 Å². The van der Waals surface area contributed by atoms with Crippen molar-refractivity contribution in [1.82, 2.24) is 19.1 Å². The Kier molecular flexibility index (Phi) is 9.32. The van der Waals surface area contributed by atoms with Gasteiger partial charge in [-0.25, -0.2) is 15.0 Å². The topological polar surface area (TPSA) is 51.2 Å². The maximum absolute atomic E-state index is 5.93. The number of nitrogens with zero attached hydrogens (tertiary/aromatic N) is 6. The van der Waals surface area contributed by atoms with Crippen LogP contribution >= 0.6 is 0 Å². The average molecular weight is 725 g/mol. The first kappa shape index (κ1) is 36.2. The standard InChI is InChI=1S/C49H52N6/c1-31(2)36-21-17-22-37(32(3)4)44(36)53-46-47(51-30-29-50-46)54(45-38(33(5)6)23-18-24-39(45)34(7)8)48(53)52-55-42-27-15-13-25-40(42)49(9,35-19-11-10-12-20-35)41-26-14-16-28-43(41)55/h10-34H,1-9H3. The fourth-order valence-corrected chi connectivity index (χ4v) is 8.69. The third-order valence-electron chi connectivity index (χ3n) is 11.5. The molecule has 3 heterocycles. The number of fused-ring (bicyclic) bond motifs is 3. The fourth-order valence-electron chi connectivity index (χ4n) is 8.69. The highest BCUT2D eigenvalue weighted by Crippen LogP contribution is 2.52. The second-order valence-corrected chi connectivity index (χ2v) is 16.3. The molecule has 6 nitrogen and oxygen atoms in total. The zero-order chi connectivity index (χ0) is 38.6. The van der Waals surface area contributed by atoms with Crippen molar-refractivity contribution in [3.8, 4) is 11.4 Å². The summed E-state index contributed by atoms with van der Waals surface area (Å²) < 4.78 is 4.62. The van der Waals surface area contributed by atoms with Crippen molar-refractivity contribution in [1.29, 1.82) is 0 Å². The maximum Gasteiger partial charge on any atom is 0.240 e. The van der Waals surface area contributed by atoms with Gasteiger partial charge in [0.2, 0.25) is 5.62 Å². The van der Waals surface area contributed by atoms with Gasteiger partial charge in [-0.15, -0.1) is 5.10 Å². The summed E-state index contributed by atoms with van der Waals surface area (Å²) in [6, 6.07) is 41.8. The summed E-state index contributed by atoms with van der Waals surface area (Å²) in [5, 5.41) is 8.11. The van der Waals surface area contributed by atoms with Crippen LogP contribution in [0.25, 0.3) is 22.7 Å². The maximum atomic E-state index is 5.93. The van der Waals surface area contributed by atoms with Crippen LogP contribution in [0.15, 0.2) is 133 Å². The quantitative estimate of drug-likeness (QED) is 0.157. The lowest BCUT2D eigenvalue weighted by atomic mass is 9.68. The summed E-state index contributed by atoms with van der Waals surface area (Å²) >= 11 is 0. The highest BCUT2D eigenvalue weighted by molar-refractivity contribution is 5.80. The molecule has 0 spiro atoms. The molecule has 6 heteroatoms. The average Bonchev–Trinajstić information content (AvgIpc) is 3.51. The summed E-state index contributed by atoms with van der Waals surface area (Å²) in [4.78, 5) is 10.3. The van der Waals surface area contributed by atoms with Crippen molar-refractivity contribution in [2.45, 2.75) is 91.4 Å². The molecule has 5 aromatic carbocycles. The number of anilines is 2. The van der Waals surface area contributed by atoms with Crippen LogP contribution in [-0.4, -0.2) is 19.1 Å². The monoisotopic (exact) mass is 724 g/mol. The summed E-state index contributed by atoms with van der Waals surface area (Å²) in [5.74, 6) is 1.00. The first-order chi connectivity index (χ1) is 26.5. The van der Waals surface area contributed by atoms with Crippen LogP contribution in [0, 0.1) is 0 Å². The van der Waals surface area contributed by atoms with E-state index in [1.165, 1.54) is 38.9 Å². The molecule has 1 aliphatic rings. The molecule has 0 N–H and O–H groups in total. The van der Waals surface area contributed by atoms with Crippen molar-refractivity contribution in [2.75, 3.05) is 5.01 Å². The predicted molar refractivity (Wildman–Crippen MR) is 227 cm³/mol. The fraction of sp³-hybridized carbons (Fsp3) is 0.286. The summed E-state index contributed by atoms with van der Waals surface area (Å²) in [7, 11) is 0. The van der Waals surface area contributed by atoms with E-state index in [9.17, 15) is 0 Å². The molecule has 0 atom stereocenters. The lowest BCUT2D eigenvalue weighted by molar-refractivity contribution is 0.667. The second kappa shape index (κ2) is 14.2. The van der Waals surface area contributed by atoms with Crippen molar-refractivity contribution in [3.63, 3.8) is 0 Å². The van der Waals surface area contributed by atoms with Crippen LogP contribution in [0.4, 0.5) is 11.4 Å².